The first-order chi connectivity index (χ1) is 11.8. The molecule has 0 bridgehead atoms. The van der Waals surface area contributed by atoms with Gasteiger partial charge in [0.2, 0.25) is 17.5 Å². The van der Waals surface area contributed by atoms with Crippen LogP contribution in [0.2, 0.25) is 0 Å². The van der Waals surface area contributed by atoms with Crippen LogP contribution in [-0.4, -0.2) is 21.2 Å². The fourth-order valence-corrected chi connectivity index (χ4v) is 2.84. The van der Waals surface area contributed by atoms with Crippen LogP contribution in [0.25, 0.3) is 11.4 Å². The number of amides is 1. The van der Waals surface area contributed by atoms with Crippen molar-refractivity contribution < 1.29 is 13.8 Å². The van der Waals surface area contributed by atoms with Gasteiger partial charge in [-0.05, 0) is 25.7 Å². The molecule has 3 aromatic rings. The largest absolute Gasteiger partial charge is 0.350 e. The molecule has 0 atom stereocenters. The predicted molar refractivity (Wildman–Crippen MR) is 84.0 cm³/mol. The molecule has 2 aromatic heterocycles. The second kappa shape index (κ2) is 6.27. The molecule has 1 N–H and O–H groups in total. The van der Waals surface area contributed by atoms with E-state index in [2.05, 4.69) is 20.6 Å². The first-order valence-corrected chi connectivity index (χ1v) is 7.95. The van der Waals surface area contributed by atoms with E-state index in [1.54, 1.807) is 0 Å². The Kier molecular flexibility index (Phi) is 3.82. The minimum Gasteiger partial charge on any atom is -0.350 e. The molecule has 0 saturated carbocycles. The third kappa shape index (κ3) is 2.80. The Labute approximate surface area is 138 Å². The van der Waals surface area contributed by atoms with Gasteiger partial charge >= 0.3 is 0 Å². The van der Waals surface area contributed by atoms with E-state index >= 15 is 0 Å². The number of fused-ring (bicyclic) bond motifs is 1. The predicted octanol–water partition coefficient (Wildman–Crippen LogP) is 2.53. The van der Waals surface area contributed by atoms with Crippen LogP contribution < -0.4 is 5.32 Å². The number of aromatic nitrogens is 3. The maximum atomic E-state index is 12.3. The van der Waals surface area contributed by atoms with Gasteiger partial charge < -0.3 is 14.4 Å². The molecule has 1 amide bonds. The molecular weight excluding hydrogens is 308 g/mol. The molecule has 1 aliphatic rings. The molecule has 1 aromatic carbocycles. The van der Waals surface area contributed by atoms with Crippen LogP contribution >= 0.6 is 0 Å². The molecule has 7 heteroatoms. The van der Waals surface area contributed by atoms with Crippen molar-refractivity contribution in [1.82, 2.24) is 20.6 Å². The molecule has 24 heavy (non-hydrogen) atoms. The van der Waals surface area contributed by atoms with Gasteiger partial charge in [-0.3, -0.25) is 4.79 Å². The quantitative estimate of drug-likeness (QED) is 0.792. The van der Waals surface area contributed by atoms with Gasteiger partial charge in [0.05, 0.1) is 12.2 Å². The number of nitrogens with one attached hydrogen (secondary N) is 1. The van der Waals surface area contributed by atoms with Gasteiger partial charge in [-0.25, -0.2) is 0 Å². The van der Waals surface area contributed by atoms with Crippen molar-refractivity contribution in [2.45, 2.75) is 32.2 Å². The minimum atomic E-state index is -0.301. The Bertz CT molecular complexity index is 854. The summed E-state index contributed by atoms with van der Waals surface area (Å²) in [6.07, 6.45) is 3.85. The van der Waals surface area contributed by atoms with Crippen LogP contribution in [-0.2, 0) is 19.4 Å². The van der Waals surface area contributed by atoms with Crippen LogP contribution in [0.1, 0.15) is 40.5 Å². The lowest BCUT2D eigenvalue weighted by molar-refractivity contribution is 0.0908. The Hall–Kier alpha value is -2.96. The zero-order chi connectivity index (χ0) is 16.4. The first kappa shape index (κ1) is 14.6. The summed E-state index contributed by atoms with van der Waals surface area (Å²) in [4.78, 5) is 16.6. The summed E-state index contributed by atoms with van der Waals surface area (Å²) >= 11 is 0. The van der Waals surface area contributed by atoms with Crippen molar-refractivity contribution in [3.05, 3.63) is 53.2 Å². The molecule has 0 spiro atoms. The third-order valence-corrected chi connectivity index (χ3v) is 4.07. The smallest absolute Gasteiger partial charge is 0.290 e. The number of nitrogens with zero attached hydrogens (tertiary/aromatic N) is 3. The molecule has 0 unspecified atom stereocenters. The van der Waals surface area contributed by atoms with Gasteiger partial charge in [-0.1, -0.05) is 40.6 Å². The average molecular weight is 324 g/mol. The van der Waals surface area contributed by atoms with Gasteiger partial charge in [0, 0.05) is 11.1 Å². The summed E-state index contributed by atoms with van der Waals surface area (Å²) in [5.74, 6) is 0.838. The van der Waals surface area contributed by atoms with E-state index in [0.29, 0.717) is 17.5 Å². The third-order valence-electron chi connectivity index (χ3n) is 4.07. The average Bonchev–Trinajstić information content (AvgIpc) is 3.27. The van der Waals surface area contributed by atoms with Crippen LogP contribution in [0, 0.1) is 0 Å². The van der Waals surface area contributed by atoms with E-state index in [9.17, 15) is 4.79 Å². The zero-order valence-corrected chi connectivity index (χ0v) is 13.0. The lowest BCUT2D eigenvalue weighted by Gasteiger charge is -2.08. The van der Waals surface area contributed by atoms with Gasteiger partial charge in [0.1, 0.15) is 0 Å². The molecule has 0 aliphatic heterocycles. The Morgan fingerprint density at radius 2 is 1.92 bits per heavy atom. The van der Waals surface area contributed by atoms with E-state index in [0.717, 1.165) is 42.5 Å². The zero-order valence-electron chi connectivity index (χ0n) is 13.0. The maximum Gasteiger partial charge on any atom is 0.290 e. The normalized spacial score (nSPS) is 13.5. The second-order valence-corrected chi connectivity index (χ2v) is 5.70. The fourth-order valence-electron chi connectivity index (χ4n) is 2.84. The fraction of sp³-hybridized carbons (Fsp3) is 0.294. The van der Waals surface area contributed by atoms with E-state index in [1.807, 2.05) is 30.3 Å². The van der Waals surface area contributed by atoms with Crippen molar-refractivity contribution >= 4 is 5.91 Å². The topological polar surface area (TPSA) is 94.1 Å². The second-order valence-electron chi connectivity index (χ2n) is 5.70. The maximum absolute atomic E-state index is 12.3. The summed E-state index contributed by atoms with van der Waals surface area (Å²) in [6, 6.07) is 9.52. The highest BCUT2D eigenvalue weighted by atomic mass is 16.5. The molecule has 4 rings (SSSR count). The lowest BCUT2D eigenvalue weighted by Crippen LogP contribution is -2.24. The first-order valence-electron chi connectivity index (χ1n) is 7.95. The number of aryl methyl sites for hydroxylation is 1. The van der Waals surface area contributed by atoms with Crippen LogP contribution in [0.4, 0.5) is 0 Å². The van der Waals surface area contributed by atoms with Crippen molar-refractivity contribution in [2.24, 2.45) is 0 Å². The highest BCUT2D eigenvalue weighted by molar-refractivity contribution is 5.93. The standard InChI is InChI=1S/C17H16N4O3/c22-17(15-12-8-4-5-9-13(12)20-24-15)18-10-14-19-16(21-23-14)11-6-2-1-3-7-11/h1-3,6-7H,4-5,8-10H2,(H,18,22). The monoisotopic (exact) mass is 324 g/mol. The molecule has 2 heterocycles. The number of carbonyl (C=O) groups is 1. The molecular formula is C17H16N4O3. The van der Waals surface area contributed by atoms with Gasteiger partial charge in [0.15, 0.2) is 0 Å². The molecule has 7 nitrogen and oxygen atoms in total. The van der Waals surface area contributed by atoms with Crippen molar-refractivity contribution in [1.29, 1.82) is 0 Å². The highest BCUT2D eigenvalue weighted by Gasteiger charge is 2.24. The molecule has 0 fully saturated rings. The van der Waals surface area contributed by atoms with Crippen molar-refractivity contribution in [3.8, 4) is 11.4 Å². The summed E-state index contributed by atoms with van der Waals surface area (Å²) in [7, 11) is 0. The summed E-state index contributed by atoms with van der Waals surface area (Å²) < 4.78 is 10.4. The number of carbonyl (C=O) groups excluding carboxylic acids is 1. The van der Waals surface area contributed by atoms with Crippen LogP contribution in [0.5, 0.6) is 0 Å². The Morgan fingerprint density at radius 1 is 1.08 bits per heavy atom. The van der Waals surface area contributed by atoms with Crippen LogP contribution in [0.15, 0.2) is 39.4 Å². The van der Waals surface area contributed by atoms with E-state index in [-0.39, 0.29) is 12.5 Å². The summed E-state index contributed by atoms with van der Waals surface area (Å²) in [6.45, 7) is 0.147. The molecule has 0 saturated heterocycles. The lowest BCUT2D eigenvalue weighted by atomic mass is 9.96. The van der Waals surface area contributed by atoms with E-state index in [4.69, 9.17) is 9.05 Å². The van der Waals surface area contributed by atoms with Gasteiger partial charge in [0.25, 0.3) is 5.91 Å². The van der Waals surface area contributed by atoms with Crippen molar-refractivity contribution in [3.63, 3.8) is 0 Å². The van der Waals surface area contributed by atoms with E-state index in [1.165, 1.54) is 0 Å². The Balaban J connectivity index is 1.43. The number of benzene rings is 1. The minimum absolute atomic E-state index is 0.147. The molecule has 1 aliphatic carbocycles. The molecule has 0 radical (unpaired) electrons. The SMILES string of the molecule is O=C(NCc1nc(-c2ccccc2)no1)c1onc2c1CCCC2. The molecule has 122 valence electrons. The van der Waals surface area contributed by atoms with E-state index < -0.39 is 0 Å². The highest BCUT2D eigenvalue weighted by Crippen LogP contribution is 2.23. The van der Waals surface area contributed by atoms with Crippen LogP contribution in [0.3, 0.4) is 0 Å². The van der Waals surface area contributed by atoms with Crippen molar-refractivity contribution in [2.75, 3.05) is 0 Å². The summed E-state index contributed by atoms with van der Waals surface area (Å²) in [5, 5.41) is 10.7. The number of hydrogen-bond acceptors (Lipinski definition) is 6. The van der Waals surface area contributed by atoms with Gasteiger partial charge in [-0.2, -0.15) is 4.98 Å². The summed E-state index contributed by atoms with van der Waals surface area (Å²) in [5.41, 5.74) is 2.69. The number of hydrogen-bond donors (Lipinski definition) is 1. The van der Waals surface area contributed by atoms with Gasteiger partial charge in [-0.15, -0.1) is 0 Å². The Morgan fingerprint density at radius 3 is 2.79 bits per heavy atom. The number of rotatable bonds is 4.